The molecule has 0 spiro atoms. The molecule has 28 heavy (non-hydrogen) atoms. The van der Waals surface area contributed by atoms with Crippen molar-refractivity contribution in [3.8, 4) is 11.5 Å². The van der Waals surface area contributed by atoms with E-state index in [1.165, 1.54) is 22.0 Å². The minimum absolute atomic E-state index is 0.637. The van der Waals surface area contributed by atoms with Gasteiger partial charge in [-0.05, 0) is 34.9 Å². The van der Waals surface area contributed by atoms with E-state index >= 15 is 0 Å². The van der Waals surface area contributed by atoms with Gasteiger partial charge in [-0.15, -0.1) is 0 Å². The maximum Gasteiger partial charge on any atom is 0.163 e. The molecule has 1 fully saturated rings. The molecule has 0 atom stereocenters. The molecule has 0 amide bonds. The quantitative estimate of drug-likeness (QED) is 0.690. The third-order valence-electron chi connectivity index (χ3n) is 5.84. The number of rotatable bonds is 4. The van der Waals surface area contributed by atoms with Crippen LogP contribution in [0.1, 0.15) is 5.56 Å². The SMILES string of the molecule is c1ccc2c(CCN3CCN(c4ccc5c(c4)OCCO5)CC3)cccc2c1. The lowest BCUT2D eigenvalue weighted by molar-refractivity contribution is 0.171. The Bertz CT molecular complexity index is 958. The van der Waals surface area contributed by atoms with Crippen LogP contribution in [0.4, 0.5) is 5.69 Å². The molecule has 3 aromatic rings. The van der Waals surface area contributed by atoms with Gasteiger partial charge in [0, 0.05) is 44.5 Å². The second-order valence-electron chi connectivity index (χ2n) is 7.54. The lowest BCUT2D eigenvalue weighted by Gasteiger charge is -2.36. The molecule has 0 bridgehead atoms. The van der Waals surface area contributed by atoms with Gasteiger partial charge in [0.2, 0.25) is 0 Å². The molecular formula is C24H26N2O2. The van der Waals surface area contributed by atoms with Crippen LogP contribution in [0.15, 0.2) is 60.7 Å². The Hall–Kier alpha value is -2.72. The third kappa shape index (κ3) is 3.52. The van der Waals surface area contributed by atoms with Gasteiger partial charge in [-0.3, -0.25) is 4.90 Å². The van der Waals surface area contributed by atoms with Gasteiger partial charge in [0.15, 0.2) is 11.5 Å². The van der Waals surface area contributed by atoms with Gasteiger partial charge in [-0.25, -0.2) is 0 Å². The molecule has 144 valence electrons. The highest BCUT2D eigenvalue weighted by Crippen LogP contribution is 2.34. The minimum Gasteiger partial charge on any atom is -0.486 e. The molecule has 4 nitrogen and oxygen atoms in total. The van der Waals surface area contributed by atoms with Crippen LogP contribution in [-0.4, -0.2) is 50.8 Å². The first-order valence-electron chi connectivity index (χ1n) is 10.2. The molecule has 2 aliphatic heterocycles. The van der Waals surface area contributed by atoms with Crippen LogP contribution in [0.2, 0.25) is 0 Å². The van der Waals surface area contributed by atoms with Crippen LogP contribution in [0.25, 0.3) is 10.8 Å². The first-order valence-corrected chi connectivity index (χ1v) is 10.2. The van der Waals surface area contributed by atoms with Gasteiger partial charge in [0.05, 0.1) is 0 Å². The highest BCUT2D eigenvalue weighted by atomic mass is 16.6. The number of piperazine rings is 1. The molecule has 5 rings (SSSR count). The van der Waals surface area contributed by atoms with E-state index in [1.54, 1.807) is 0 Å². The van der Waals surface area contributed by atoms with Crippen molar-refractivity contribution in [1.82, 2.24) is 4.90 Å². The van der Waals surface area contributed by atoms with Crippen LogP contribution in [0, 0.1) is 0 Å². The first-order chi connectivity index (χ1) is 13.9. The highest BCUT2D eigenvalue weighted by molar-refractivity contribution is 5.85. The van der Waals surface area contributed by atoms with Crippen molar-refractivity contribution in [3.63, 3.8) is 0 Å². The second-order valence-corrected chi connectivity index (χ2v) is 7.54. The molecule has 0 radical (unpaired) electrons. The topological polar surface area (TPSA) is 24.9 Å². The van der Waals surface area contributed by atoms with Crippen LogP contribution < -0.4 is 14.4 Å². The number of hydrogen-bond acceptors (Lipinski definition) is 4. The van der Waals surface area contributed by atoms with Gasteiger partial charge in [0.25, 0.3) is 0 Å². The molecule has 3 aromatic carbocycles. The minimum atomic E-state index is 0.637. The summed E-state index contributed by atoms with van der Waals surface area (Å²) in [5.41, 5.74) is 2.69. The number of benzene rings is 3. The van der Waals surface area contributed by atoms with Crippen molar-refractivity contribution < 1.29 is 9.47 Å². The summed E-state index contributed by atoms with van der Waals surface area (Å²) in [6, 6.07) is 21.7. The van der Waals surface area contributed by atoms with Crippen molar-refractivity contribution in [2.75, 3.05) is 50.8 Å². The smallest absolute Gasteiger partial charge is 0.163 e. The van der Waals surface area contributed by atoms with Crippen molar-refractivity contribution in [3.05, 3.63) is 66.2 Å². The summed E-state index contributed by atoms with van der Waals surface area (Å²) in [4.78, 5) is 5.03. The van der Waals surface area contributed by atoms with E-state index in [0.29, 0.717) is 13.2 Å². The number of fused-ring (bicyclic) bond motifs is 2. The maximum absolute atomic E-state index is 5.74. The molecule has 0 unspecified atom stereocenters. The second kappa shape index (κ2) is 7.72. The number of nitrogens with zero attached hydrogens (tertiary/aromatic N) is 2. The lowest BCUT2D eigenvalue weighted by Crippen LogP contribution is -2.47. The van der Waals surface area contributed by atoms with Crippen molar-refractivity contribution in [2.45, 2.75) is 6.42 Å². The van der Waals surface area contributed by atoms with E-state index in [0.717, 1.165) is 50.6 Å². The molecule has 0 N–H and O–H groups in total. The highest BCUT2D eigenvalue weighted by Gasteiger charge is 2.19. The van der Waals surface area contributed by atoms with E-state index in [2.05, 4.69) is 64.4 Å². The Labute approximate surface area is 166 Å². The standard InChI is InChI=1S/C24H26N2O2/c1-2-7-22-19(4-1)5-3-6-20(22)10-11-25-12-14-26(15-13-25)21-8-9-23-24(18-21)28-17-16-27-23/h1-9,18H,10-17H2. The fraction of sp³-hybridized carbons (Fsp3) is 0.333. The summed E-state index contributed by atoms with van der Waals surface area (Å²) < 4.78 is 11.4. The van der Waals surface area contributed by atoms with Crippen molar-refractivity contribution in [1.29, 1.82) is 0 Å². The molecule has 0 aliphatic carbocycles. The summed E-state index contributed by atoms with van der Waals surface area (Å²) in [7, 11) is 0. The lowest BCUT2D eigenvalue weighted by atomic mass is 10.0. The fourth-order valence-electron chi connectivity index (χ4n) is 4.25. The van der Waals surface area contributed by atoms with Gasteiger partial charge in [0.1, 0.15) is 13.2 Å². The van der Waals surface area contributed by atoms with Gasteiger partial charge in [-0.2, -0.15) is 0 Å². The summed E-state index contributed by atoms with van der Waals surface area (Å²) in [5, 5.41) is 2.73. The Morgan fingerprint density at radius 2 is 1.54 bits per heavy atom. The Morgan fingerprint density at radius 3 is 2.43 bits per heavy atom. The Kier molecular flexibility index (Phi) is 4.79. The normalized spacial score (nSPS) is 17.1. The number of anilines is 1. The Morgan fingerprint density at radius 1 is 0.750 bits per heavy atom. The maximum atomic E-state index is 5.74. The molecule has 2 aliphatic rings. The zero-order valence-electron chi connectivity index (χ0n) is 16.1. The van der Waals surface area contributed by atoms with Gasteiger partial charge in [-0.1, -0.05) is 42.5 Å². The number of ether oxygens (including phenoxy) is 2. The zero-order chi connectivity index (χ0) is 18.8. The summed E-state index contributed by atoms with van der Waals surface area (Å²) in [6.45, 7) is 6.69. The average Bonchev–Trinajstić information content (AvgIpc) is 2.77. The first kappa shape index (κ1) is 17.4. The van der Waals surface area contributed by atoms with Crippen LogP contribution in [0.3, 0.4) is 0 Å². The fourth-order valence-corrected chi connectivity index (χ4v) is 4.25. The van der Waals surface area contributed by atoms with E-state index in [4.69, 9.17) is 9.47 Å². The third-order valence-corrected chi connectivity index (χ3v) is 5.84. The summed E-state index contributed by atoms with van der Waals surface area (Å²) in [6.07, 6.45) is 1.10. The molecule has 2 heterocycles. The van der Waals surface area contributed by atoms with E-state index in [-0.39, 0.29) is 0 Å². The Balaban J connectivity index is 1.19. The molecule has 1 saturated heterocycles. The van der Waals surface area contributed by atoms with Crippen LogP contribution in [-0.2, 0) is 6.42 Å². The largest absolute Gasteiger partial charge is 0.486 e. The molecule has 4 heteroatoms. The monoisotopic (exact) mass is 374 g/mol. The predicted octanol–water partition coefficient (Wildman–Crippen LogP) is 3.98. The van der Waals surface area contributed by atoms with E-state index in [1.807, 2.05) is 6.07 Å². The van der Waals surface area contributed by atoms with Crippen LogP contribution >= 0.6 is 0 Å². The zero-order valence-corrected chi connectivity index (χ0v) is 16.1. The molecule has 0 aromatic heterocycles. The van der Waals surface area contributed by atoms with Gasteiger partial charge >= 0.3 is 0 Å². The van der Waals surface area contributed by atoms with Crippen LogP contribution in [0.5, 0.6) is 11.5 Å². The van der Waals surface area contributed by atoms with Gasteiger partial charge < -0.3 is 14.4 Å². The summed E-state index contributed by atoms with van der Waals surface area (Å²) >= 11 is 0. The number of hydrogen-bond donors (Lipinski definition) is 0. The van der Waals surface area contributed by atoms with Crippen molar-refractivity contribution in [2.24, 2.45) is 0 Å². The van der Waals surface area contributed by atoms with E-state index < -0.39 is 0 Å². The summed E-state index contributed by atoms with van der Waals surface area (Å²) in [5.74, 6) is 1.74. The van der Waals surface area contributed by atoms with E-state index in [9.17, 15) is 0 Å². The average molecular weight is 374 g/mol. The predicted molar refractivity (Wildman–Crippen MR) is 114 cm³/mol. The van der Waals surface area contributed by atoms with Crippen molar-refractivity contribution >= 4 is 16.5 Å². The molecular weight excluding hydrogens is 348 g/mol. The molecule has 0 saturated carbocycles.